The van der Waals surface area contributed by atoms with Crippen molar-refractivity contribution in [3.8, 4) is 5.75 Å². The summed E-state index contributed by atoms with van der Waals surface area (Å²) in [5.41, 5.74) is 0.418. The fourth-order valence-electron chi connectivity index (χ4n) is 2.31. The summed E-state index contributed by atoms with van der Waals surface area (Å²) in [7, 11) is 0. The Balaban J connectivity index is 2.18. The van der Waals surface area contributed by atoms with E-state index >= 15 is 0 Å². The summed E-state index contributed by atoms with van der Waals surface area (Å²) in [6, 6.07) is 5.32. The van der Waals surface area contributed by atoms with E-state index in [4.69, 9.17) is 9.84 Å². The minimum atomic E-state index is -1.28. The fraction of sp³-hybridized carbons (Fsp3) is 0.0625. The van der Waals surface area contributed by atoms with Gasteiger partial charge in [0.1, 0.15) is 18.2 Å². The lowest BCUT2D eigenvalue weighted by Gasteiger charge is -2.20. The number of fused-ring (bicyclic) bond motifs is 1. The van der Waals surface area contributed by atoms with E-state index in [9.17, 15) is 18.0 Å². The van der Waals surface area contributed by atoms with Gasteiger partial charge in [0.2, 0.25) is 0 Å². The second-order valence-electron chi connectivity index (χ2n) is 4.69. The van der Waals surface area contributed by atoms with Gasteiger partial charge in [-0.15, -0.1) is 0 Å². The van der Waals surface area contributed by atoms with Gasteiger partial charge in [0.25, 0.3) is 0 Å². The fourth-order valence-corrected chi connectivity index (χ4v) is 2.31. The molecule has 0 spiro atoms. The summed E-state index contributed by atoms with van der Waals surface area (Å²) < 4.78 is 45.8. The maximum atomic E-state index is 14.0. The van der Waals surface area contributed by atoms with Gasteiger partial charge < -0.3 is 9.84 Å². The van der Waals surface area contributed by atoms with Crippen LogP contribution in [0.5, 0.6) is 5.75 Å². The quantitative estimate of drug-likeness (QED) is 0.862. The Kier molecular flexibility index (Phi) is 3.36. The number of carboxylic acids is 1. The molecule has 3 rings (SSSR count). The molecule has 1 aliphatic rings. The van der Waals surface area contributed by atoms with E-state index in [1.165, 1.54) is 24.3 Å². The van der Waals surface area contributed by atoms with E-state index in [-0.39, 0.29) is 23.3 Å². The van der Waals surface area contributed by atoms with Crippen molar-refractivity contribution in [2.75, 3.05) is 6.61 Å². The molecule has 112 valence electrons. The molecule has 2 aromatic rings. The molecule has 0 fully saturated rings. The van der Waals surface area contributed by atoms with Crippen molar-refractivity contribution in [1.82, 2.24) is 0 Å². The van der Waals surface area contributed by atoms with Crippen molar-refractivity contribution >= 4 is 11.5 Å². The number of carbonyl (C=O) groups is 1. The van der Waals surface area contributed by atoms with Crippen molar-refractivity contribution in [3.05, 3.63) is 70.5 Å². The van der Waals surface area contributed by atoms with Crippen LogP contribution in [0, 0.1) is 17.5 Å². The molecule has 0 amide bonds. The van der Waals surface area contributed by atoms with Crippen LogP contribution in [-0.2, 0) is 0 Å². The van der Waals surface area contributed by atoms with E-state index < -0.39 is 23.4 Å². The Bertz CT molecular complexity index is 813. The van der Waals surface area contributed by atoms with Gasteiger partial charge in [-0.3, -0.25) is 0 Å². The second-order valence-corrected chi connectivity index (χ2v) is 4.69. The third-order valence-electron chi connectivity index (χ3n) is 3.34. The molecule has 1 heterocycles. The Hall–Kier alpha value is -2.76. The molecule has 0 aliphatic carbocycles. The zero-order valence-electron chi connectivity index (χ0n) is 11.1. The number of ether oxygens (including phenoxy) is 1. The van der Waals surface area contributed by atoms with Gasteiger partial charge in [0.05, 0.1) is 5.56 Å². The molecule has 1 N–H and O–H groups in total. The first-order valence-corrected chi connectivity index (χ1v) is 6.33. The summed E-state index contributed by atoms with van der Waals surface area (Å²) >= 11 is 0. The number of rotatable bonds is 2. The van der Waals surface area contributed by atoms with Gasteiger partial charge in [-0.2, -0.15) is 0 Å². The molecule has 6 heteroatoms. The van der Waals surface area contributed by atoms with E-state index in [0.717, 1.165) is 6.07 Å². The van der Waals surface area contributed by atoms with Crippen molar-refractivity contribution < 1.29 is 27.8 Å². The average molecular weight is 306 g/mol. The van der Waals surface area contributed by atoms with Crippen LogP contribution in [0.2, 0.25) is 0 Å². The number of hydrogen-bond donors (Lipinski definition) is 1. The standard InChI is InChI=1S/C16H9F3O3/c17-12-7-14(19)13(18)6-10(12)9-3-4-22-15-2-1-8(16(20)21)5-11(9)15/h1-3,5-7H,4H2,(H,20,21). The number of aromatic carboxylic acids is 1. The Morgan fingerprint density at radius 1 is 1.00 bits per heavy atom. The zero-order valence-corrected chi connectivity index (χ0v) is 11.1. The number of halogens is 3. The number of hydrogen-bond acceptors (Lipinski definition) is 2. The Morgan fingerprint density at radius 2 is 1.73 bits per heavy atom. The molecule has 0 radical (unpaired) electrons. The maximum absolute atomic E-state index is 14.0. The third-order valence-corrected chi connectivity index (χ3v) is 3.34. The molecule has 0 bridgehead atoms. The summed E-state index contributed by atoms with van der Waals surface area (Å²) in [5, 5.41) is 9.03. The van der Waals surface area contributed by atoms with Gasteiger partial charge in [0, 0.05) is 17.2 Å². The van der Waals surface area contributed by atoms with Gasteiger partial charge in [0.15, 0.2) is 11.6 Å². The summed E-state index contributed by atoms with van der Waals surface area (Å²) in [5.74, 6) is -4.20. The van der Waals surface area contributed by atoms with Crippen LogP contribution >= 0.6 is 0 Å². The lowest BCUT2D eigenvalue weighted by atomic mass is 9.93. The van der Waals surface area contributed by atoms with Gasteiger partial charge in [-0.25, -0.2) is 18.0 Å². The number of carboxylic acid groups (broad SMARTS) is 1. The first-order chi connectivity index (χ1) is 10.5. The largest absolute Gasteiger partial charge is 0.489 e. The molecule has 0 saturated carbocycles. The first-order valence-electron chi connectivity index (χ1n) is 6.33. The van der Waals surface area contributed by atoms with Gasteiger partial charge in [-0.05, 0) is 35.9 Å². The van der Waals surface area contributed by atoms with Crippen LogP contribution in [0.25, 0.3) is 5.57 Å². The van der Waals surface area contributed by atoms with Crippen LogP contribution in [-0.4, -0.2) is 17.7 Å². The lowest BCUT2D eigenvalue weighted by Crippen LogP contribution is -2.09. The van der Waals surface area contributed by atoms with Crippen molar-refractivity contribution in [3.63, 3.8) is 0 Å². The molecule has 1 aliphatic heterocycles. The van der Waals surface area contributed by atoms with Crippen LogP contribution in [0.3, 0.4) is 0 Å². The second kappa shape index (κ2) is 5.22. The first kappa shape index (κ1) is 14.2. The lowest BCUT2D eigenvalue weighted by molar-refractivity contribution is 0.0697. The highest BCUT2D eigenvalue weighted by Gasteiger charge is 2.21. The summed E-state index contributed by atoms with van der Waals surface area (Å²) in [6.07, 6.45) is 1.49. The Morgan fingerprint density at radius 3 is 2.45 bits per heavy atom. The molecule has 3 nitrogen and oxygen atoms in total. The zero-order chi connectivity index (χ0) is 15.9. The van der Waals surface area contributed by atoms with Gasteiger partial charge in [-0.1, -0.05) is 0 Å². The summed E-state index contributed by atoms with van der Waals surface area (Å²) in [6.45, 7) is 0.118. The van der Waals surface area contributed by atoms with Crippen molar-refractivity contribution in [2.24, 2.45) is 0 Å². The molecule has 0 aromatic heterocycles. The minimum absolute atomic E-state index is 0.0156. The molecule has 2 aromatic carbocycles. The molecule has 0 atom stereocenters. The predicted octanol–water partition coefficient (Wildman–Crippen LogP) is 3.63. The highest BCUT2D eigenvalue weighted by atomic mass is 19.2. The topological polar surface area (TPSA) is 46.5 Å². The Labute approximate surface area is 123 Å². The van der Waals surface area contributed by atoms with Crippen LogP contribution in [0.4, 0.5) is 13.2 Å². The molecule has 0 unspecified atom stereocenters. The molecule has 22 heavy (non-hydrogen) atoms. The normalized spacial score (nSPS) is 13.1. The molecule has 0 saturated heterocycles. The van der Waals surface area contributed by atoms with Crippen LogP contribution in [0.1, 0.15) is 21.5 Å². The van der Waals surface area contributed by atoms with Crippen LogP contribution in [0.15, 0.2) is 36.4 Å². The van der Waals surface area contributed by atoms with E-state index in [1.807, 2.05) is 0 Å². The van der Waals surface area contributed by atoms with Crippen molar-refractivity contribution in [2.45, 2.75) is 0 Å². The smallest absolute Gasteiger partial charge is 0.335 e. The van der Waals surface area contributed by atoms with E-state index in [1.54, 1.807) is 0 Å². The highest BCUT2D eigenvalue weighted by molar-refractivity contribution is 5.92. The van der Waals surface area contributed by atoms with Crippen molar-refractivity contribution in [1.29, 1.82) is 0 Å². The predicted molar refractivity (Wildman–Crippen MR) is 72.3 cm³/mol. The van der Waals surface area contributed by atoms with E-state index in [2.05, 4.69) is 0 Å². The van der Waals surface area contributed by atoms with Crippen LogP contribution < -0.4 is 4.74 Å². The molecular formula is C16H9F3O3. The summed E-state index contributed by atoms with van der Waals surface area (Å²) in [4.78, 5) is 11.1. The monoisotopic (exact) mass is 306 g/mol. The van der Waals surface area contributed by atoms with E-state index in [0.29, 0.717) is 17.4 Å². The number of benzene rings is 2. The highest BCUT2D eigenvalue weighted by Crippen LogP contribution is 2.36. The average Bonchev–Trinajstić information content (AvgIpc) is 2.50. The SMILES string of the molecule is O=C(O)c1ccc2c(c1)C(c1cc(F)c(F)cc1F)=CCO2. The van der Waals surface area contributed by atoms with Gasteiger partial charge >= 0.3 is 5.97 Å². The maximum Gasteiger partial charge on any atom is 0.335 e. The minimum Gasteiger partial charge on any atom is -0.489 e. The molecular weight excluding hydrogens is 297 g/mol. The third kappa shape index (κ3) is 2.32.